The molecule has 0 bridgehead atoms. The Hall–Kier alpha value is -3.65. The monoisotopic (exact) mass is 404 g/mol. The predicted octanol–water partition coefficient (Wildman–Crippen LogP) is -0.642. The normalized spacial score (nSPS) is 12.5. The van der Waals surface area contributed by atoms with Crippen molar-refractivity contribution in [1.29, 1.82) is 10.5 Å². The van der Waals surface area contributed by atoms with Gasteiger partial charge in [0, 0.05) is 10.4 Å². The topological polar surface area (TPSA) is 159 Å². The third kappa shape index (κ3) is 6.26. The predicted molar refractivity (Wildman–Crippen MR) is 92.5 cm³/mol. The second kappa shape index (κ2) is 10.5. The molecule has 0 heterocycles. The Labute approximate surface area is 160 Å². The van der Waals surface area contributed by atoms with E-state index in [1.165, 1.54) is 12.1 Å². The number of aliphatic hydroxyl groups is 1. The molecule has 0 atom stereocenters. The lowest BCUT2D eigenvalue weighted by molar-refractivity contribution is 0.197. The van der Waals surface area contributed by atoms with Gasteiger partial charge in [-0.2, -0.15) is 8.42 Å². The Morgan fingerprint density at radius 1 is 1.00 bits per heavy atom. The molecule has 11 nitrogen and oxygen atoms in total. The third-order valence-electron chi connectivity index (χ3n) is 2.95. The van der Waals surface area contributed by atoms with Gasteiger partial charge < -0.3 is 14.6 Å². The maximum absolute atomic E-state index is 10.6. The van der Waals surface area contributed by atoms with Gasteiger partial charge in [-0.15, -0.1) is 0 Å². The molecule has 0 aliphatic heterocycles. The summed E-state index contributed by atoms with van der Waals surface area (Å²) in [6, 6.07) is 5.70. The molecule has 0 saturated carbocycles. The van der Waals surface area contributed by atoms with Crippen LogP contribution < -0.4 is 19.9 Å². The van der Waals surface area contributed by atoms with E-state index in [2.05, 4.69) is 13.9 Å². The fourth-order valence-electron chi connectivity index (χ4n) is 1.91. The van der Waals surface area contributed by atoms with Gasteiger partial charge in [0.2, 0.25) is 0 Å². The van der Waals surface area contributed by atoms with E-state index in [9.17, 15) is 8.42 Å². The van der Waals surface area contributed by atoms with Crippen LogP contribution in [0.2, 0.25) is 0 Å². The molecule has 12 heteroatoms. The maximum atomic E-state index is 10.6. The molecule has 0 aromatic heterocycles. The Bertz CT molecular complexity index is 1100. The first-order valence-electron chi connectivity index (χ1n) is 7.27. The SMILES string of the molecule is [C-]#[N+]/C(C#N)=c1/cc(OCCOS(=O)(=O)O)/c(=C(\C#N)[N+]#[C-])cc1OCCO. The number of nitriles is 2. The summed E-state index contributed by atoms with van der Waals surface area (Å²) >= 11 is 0. The number of hydrogen-bond acceptors (Lipinski definition) is 8. The lowest BCUT2D eigenvalue weighted by Gasteiger charge is -2.11. The summed E-state index contributed by atoms with van der Waals surface area (Å²) < 4.78 is 44.4. The fourth-order valence-corrected chi connectivity index (χ4v) is 2.19. The largest absolute Gasteiger partial charge is 0.492 e. The van der Waals surface area contributed by atoms with Gasteiger partial charge in [0.1, 0.15) is 31.3 Å². The summed E-state index contributed by atoms with van der Waals surface area (Å²) in [5.74, 6) is -0.149. The molecule has 1 rings (SSSR count). The molecule has 0 saturated heterocycles. The van der Waals surface area contributed by atoms with Crippen molar-refractivity contribution in [3.8, 4) is 23.6 Å². The molecule has 0 fully saturated rings. The summed E-state index contributed by atoms with van der Waals surface area (Å²) in [6.45, 7) is 12.7. The van der Waals surface area contributed by atoms with Crippen LogP contribution in [0, 0.1) is 35.8 Å². The van der Waals surface area contributed by atoms with Crippen molar-refractivity contribution in [2.24, 2.45) is 0 Å². The fraction of sp³-hybridized carbons (Fsp3) is 0.250. The Balaban J connectivity index is 3.63. The number of benzene rings is 1. The number of ether oxygens (including phenoxy) is 2. The first-order chi connectivity index (χ1) is 13.3. The zero-order valence-corrected chi connectivity index (χ0v) is 14.9. The average molecular weight is 404 g/mol. The Morgan fingerprint density at radius 2 is 1.46 bits per heavy atom. The molecule has 0 radical (unpaired) electrons. The lowest BCUT2D eigenvalue weighted by Crippen LogP contribution is -2.22. The molecule has 0 spiro atoms. The van der Waals surface area contributed by atoms with Gasteiger partial charge in [-0.1, -0.05) is 0 Å². The Morgan fingerprint density at radius 3 is 1.82 bits per heavy atom. The minimum atomic E-state index is -4.68. The van der Waals surface area contributed by atoms with Crippen LogP contribution in [-0.2, 0) is 14.6 Å². The zero-order valence-electron chi connectivity index (χ0n) is 14.1. The molecule has 28 heavy (non-hydrogen) atoms. The number of rotatable bonds is 8. The van der Waals surface area contributed by atoms with Gasteiger partial charge in [-0.3, -0.25) is 4.55 Å². The van der Waals surface area contributed by atoms with Crippen LogP contribution in [0.5, 0.6) is 11.5 Å². The highest BCUT2D eigenvalue weighted by molar-refractivity contribution is 7.80. The van der Waals surface area contributed by atoms with Gasteiger partial charge in [-0.25, -0.2) is 24.4 Å². The van der Waals surface area contributed by atoms with Crippen molar-refractivity contribution in [2.75, 3.05) is 26.4 Å². The van der Waals surface area contributed by atoms with Gasteiger partial charge in [0.15, 0.2) is 0 Å². The maximum Gasteiger partial charge on any atom is 0.397 e. The average Bonchev–Trinajstić information content (AvgIpc) is 2.66. The highest BCUT2D eigenvalue weighted by Gasteiger charge is 2.12. The summed E-state index contributed by atoms with van der Waals surface area (Å²) in [4.78, 5) is 6.13. The molecule has 1 aromatic rings. The number of nitrogens with zero attached hydrogens (tertiary/aromatic N) is 4. The molecule has 0 aliphatic carbocycles. The van der Waals surface area contributed by atoms with Crippen molar-refractivity contribution >= 4 is 21.8 Å². The van der Waals surface area contributed by atoms with E-state index in [0.29, 0.717) is 0 Å². The molecular formula is C16H12N4O7S. The molecule has 0 unspecified atom stereocenters. The van der Waals surface area contributed by atoms with Crippen molar-refractivity contribution in [3.05, 3.63) is 45.4 Å². The summed E-state index contributed by atoms with van der Waals surface area (Å²) in [5.41, 5.74) is -0.771. The van der Waals surface area contributed by atoms with Gasteiger partial charge in [-0.05, 0) is 12.1 Å². The second-order valence-electron chi connectivity index (χ2n) is 4.66. The van der Waals surface area contributed by atoms with Crippen LogP contribution in [0.25, 0.3) is 21.1 Å². The van der Waals surface area contributed by atoms with E-state index in [4.69, 9.17) is 42.8 Å². The summed E-state index contributed by atoms with van der Waals surface area (Å²) in [6.07, 6.45) is 0. The first-order valence-corrected chi connectivity index (χ1v) is 8.63. The van der Waals surface area contributed by atoms with Crippen molar-refractivity contribution < 1.29 is 31.7 Å². The molecule has 144 valence electrons. The highest BCUT2D eigenvalue weighted by atomic mass is 32.3. The number of hydrogen-bond donors (Lipinski definition) is 2. The van der Waals surface area contributed by atoms with Crippen LogP contribution in [-0.4, -0.2) is 44.5 Å². The van der Waals surface area contributed by atoms with Gasteiger partial charge in [0.05, 0.1) is 31.9 Å². The lowest BCUT2D eigenvalue weighted by atomic mass is 10.1. The van der Waals surface area contributed by atoms with Crippen molar-refractivity contribution in [3.63, 3.8) is 0 Å². The minimum Gasteiger partial charge on any atom is -0.492 e. The van der Waals surface area contributed by atoms with Gasteiger partial charge >= 0.3 is 10.4 Å². The second-order valence-corrected chi connectivity index (χ2v) is 5.75. The van der Waals surface area contributed by atoms with Crippen LogP contribution in [0.15, 0.2) is 12.1 Å². The molecule has 0 aliphatic rings. The van der Waals surface area contributed by atoms with Gasteiger partial charge in [0.25, 0.3) is 11.4 Å². The zero-order chi connectivity index (χ0) is 21.2. The molecule has 2 N–H and O–H groups in total. The van der Waals surface area contributed by atoms with Crippen LogP contribution in [0.3, 0.4) is 0 Å². The molecule has 0 amide bonds. The number of aliphatic hydroxyl groups excluding tert-OH is 1. The van der Waals surface area contributed by atoms with Crippen LogP contribution >= 0.6 is 0 Å². The van der Waals surface area contributed by atoms with E-state index in [1.807, 2.05) is 0 Å². The van der Waals surface area contributed by atoms with Crippen LogP contribution in [0.1, 0.15) is 0 Å². The Kier molecular flexibility index (Phi) is 8.39. The standard InChI is InChI=1S/C16H12N4O7S/c1-19-13(9-17)11-8-16(26-5-6-27-28(22,23)24)12(14(10-18)20-2)7-15(11)25-4-3-21/h7-8,21H,3-6H2,(H,22,23,24)/b13-11-,14-12+. The van der Waals surface area contributed by atoms with Crippen LogP contribution in [0.4, 0.5) is 0 Å². The first kappa shape index (κ1) is 22.4. The van der Waals surface area contributed by atoms with Crippen molar-refractivity contribution in [1.82, 2.24) is 0 Å². The van der Waals surface area contributed by atoms with E-state index in [-0.39, 0.29) is 40.8 Å². The quantitative estimate of drug-likeness (QED) is 0.326. The highest BCUT2D eigenvalue weighted by Crippen LogP contribution is 2.12. The van der Waals surface area contributed by atoms with E-state index >= 15 is 0 Å². The van der Waals surface area contributed by atoms with E-state index in [1.54, 1.807) is 12.1 Å². The van der Waals surface area contributed by atoms with E-state index in [0.717, 1.165) is 0 Å². The van der Waals surface area contributed by atoms with E-state index < -0.39 is 29.3 Å². The summed E-state index contributed by atoms with van der Waals surface area (Å²) in [5, 5.41) is 27.2. The summed E-state index contributed by atoms with van der Waals surface area (Å²) in [7, 11) is -4.68. The molecule has 1 aromatic carbocycles. The molecular weight excluding hydrogens is 392 g/mol. The van der Waals surface area contributed by atoms with Crippen molar-refractivity contribution in [2.45, 2.75) is 0 Å². The minimum absolute atomic E-state index is 0.0114. The smallest absolute Gasteiger partial charge is 0.397 e. The third-order valence-corrected chi connectivity index (χ3v) is 3.41.